The van der Waals surface area contributed by atoms with E-state index in [9.17, 15) is 9.59 Å². The molecule has 1 amide bonds. The molecule has 0 radical (unpaired) electrons. The Morgan fingerprint density at radius 2 is 2.00 bits per heavy atom. The highest BCUT2D eigenvalue weighted by Crippen LogP contribution is 2.15. The molecule has 0 saturated carbocycles. The highest BCUT2D eigenvalue weighted by atomic mass is 32.2. The number of carboxylic acids is 1. The lowest BCUT2D eigenvalue weighted by molar-refractivity contribution is -0.144. The van der Waals surface area contributed by atoms with Gasteiger partial charge in [-0.15, -0.1) is 0 Å². The molecule has 7 heteroatoms. The van der Waals surface area contributed by atoms with Crippen LogP contribution in [0.2, 0.25) is 0 Å². The van der Waals surface area contributed by atoms with Crippen LogP contribution in [-0.2, 0) is 9.59 Å². The van der Waals surface area contributed by atoms with Crippen molar-refractivity contribution in [1.82, 2.24) is 10.2 Å². The van der Waals surface area contributed by atoms with Gasteiger partial charge in [-0.2, -0.15) is 11.8 Å². The quantitative estimate of drug-likeness (QED) is 0.541. The van der Waals surface area contributed by atoms with Crippen LogP contribution >= 0.6 is 11.8 Å². The topological polar surface area (TPSA) is 89.9 Å². The van der Waals surface area contributed by atoms with Crippen LogP contribution in [0.1, 0.15) is 27.2 Å². The molecule has 0 saturated heterocycles. The van der Waals surface area contributed by atoms with Crippen molar-refractivity contribution in [1.29, 1.82) is 0 Å². The molecule has 20 heavy (non-hydrogen) atoms. The van der Waals surface area contributed by atoms with Crippen molar-refractivity contribution in [3.8, 4) is 0 Å². The number of aliphatic carboxylic acids is 1. The van der Waals surface area contributed by atoms with E-state index in [1.165, 1.54) is 0 Å². The molecule has 0 aromatic carbocycles. The maximum Gasteiger partial charge on any atom is 0.326 e. The first-order valence-corrected chi connectivity index (χ1v) is 8.09. The van der Waals surface area contributed by atoms with Crippen LogP contribution in [0, 0.1) is 0 Å². The average molecular weight is 306 g/mol. The van der Waals surface area contributed by atoms with Crippen molar-refractivity contribution in [2.45, 2.75) is 38.8 Å². The van der Waals surface area contributed by atoms with Crippen molar-refractivity contribution in [2.75, 3.05) is 31.7 Å². The molecule has 0 spiro atoms. The molecule has 0 rings (SSSR count). The average Bonchev–Trinajstić information content (AvgIpc) is 2.39. The summed E-state index contributed by atoms with van der Waals surface area (Å²) in [5.74, 6) is -0.680. The van der Waals surface area contributed by atoms with Crippen LogP contribution < -0.4 is 5.32 Å². The van der Waals surface area contributed by atoms with Crippen molar-refractivity contribution < 1.29 is 19.8 Å². The standard InChI is InChI=1S/C13H26N2O4S/c1-5-15(7-8-16)13(2,3)12(19)14-10(11(17)18)6-9-20-4/h10,16H,5-9H2,1-4H3,(H,14,19)(H,17,18). The number of likely N-dealkylation sites (N-methyl/N-ethyl adjacent to an activating group) is 1. The van der Waals surface area contributed by atoms with Gasteiger partial charge in [-0.25, -0.2) is 4.79 Å². The number of β-amino-alcohol motifs (C(OH)–C–C–N with tert-alkyl or cyclic N) is 1. The van der Waals surface area contributed by atoms with Crippen LogP contribution in [-0.4, -0.2) is 70.3 Å². The number of hydrogen-bond donors (Lipinski definition) is 3. The van der Waals surface area contributed by atoms with E-state index in [2.05, 4.69) is 5.32 Å². The van der Waals surface area contributed by atoms with Crippen molar-refractivity contribution in [3.63, 3.8) is 0 Å². The number of hydrogen-bond acceptors (Lipinski definition) is 5. The fourth-order valence-electron chi connectivity index (χ4n) is 1.93. The molecule has 0 aliphatic carbocycles. The summed E-state index contributed by atoms with van der Waals surface area (Å²) in [6, 6.07) is -0.873. The summed E-state index contributed by atoms with van der Waals surface area (Å²) >= 11 is 1.54. The Bertz CT molecular complexity index is 323. The predicted octanol–water partition coefficient (Wildman–Crippen LogP) is 0.402. The van der Waals surface area contributed by atoms with Gasteiger partial charge in [-0.1, -0.05) is 6.92 Å². The summed E-state index contributed by atoms with van der Waals surface area (Å²) < 4.78 is 0. The number of nitrogens with zero attached hydrogens (tertiary/aromatic N) is 1. The molecule has 1 unspecified atom stereocenters. The van der Waals surface area contributed by atoms with Gasteiger partial charge in [0.2, 0.25) is 5.91 Å². The number of carbonyl (C=O) groups is 2. The van der Waals surface area contributed by atoms with E-state index < -0.39 is 17.6 Å². The minimum Gasteiger partial charge on any atom is -0.480 e. The highest BCUT2D eigenvalue weighted by Gasteiger charge is 2.35. The number of rotatable bonds is 10. The van der Waals surface area contributed by atoms with Crippen LogP contribution in [0.5, 0.6) is 0 Å². The first kappa shape index (κ1) is 19.2. The van der Waals surface area contributed by atoms with Gasteiger partial charge < -0.3 is 15.5 Å². The number of aliphatic hydroxyl groups excluding tert-OH is 1. The summed E-state index contributed by atoms with van der Waals surface area (Å²) in [4.78, 5) is 25.3. The third-order valence-electron chi connectivity index (χ3n) is 3.31. The fourth-order valence-corrected chi connectivity index (χ4v) is 2.40. The molecule has 1 atom stereocenters. The van der Waals surface area contributed by atoms with E-state index in [-0.39, 0.29) is 12.5 Å². The SMILES string of the molecule is CCN(CCO)C(C)(C)C(=O)NC(CCSC)C(=O)O. The number of carboxylic acid groups (broad SMARTS) is 1. The predicted molar refractivity (Wildman–Crippen MR) is 81.0 cm³/mol. The monoisotopic (exact) mass is 306 g/mol. The van der Waals surface area contributed by atoms with Crippen LogP contribution in [0.3, 0.4) is 0 Å². The lowest BCUT2D eigenvalue weighted by Gasteiger charge is -2.36. The van der Waals surface area contributed by atoms with Crippen molar-refractivity contribution >= 4 is 23.6 Å². The lowest BCUT2D eigenvalue weighted by Crippen LogP contribution is -2.58. The molecule has 118 valence electrons. The fraction of sp³-hybridized carbons (Fsp3) is 0.846. The van der Waals surface area contributed by atoms with Gasteiger partial charge in [-0.3, -0.25) is 9.69 Å². The van der Waals surface area contributed by atoms with Gasteiger partial charge in [0.15, 0.2) is 0 Å². The van der Waals surface area contributed by atoms with Crippen molar-refractivity contribution in [3.05, 3.63) is 0 Å². The van der Waals surface area contributed by atoms with Gasteiger partial charge in [0.25, 0.3) is 0 Å². The summed E-state index contributed by atoms with van der Waals surface area (Å²) in [5, 5.41) is 20.8. The number of nitrogens with one attached hydrogen (secondary N) is 1. The lowest BCUT2D eigenvalue weighted by atomic mass is 10.0. The largest absolute Gasteiger partial charge is 0.480 e. The Morgan fingerprint density at radius 3 is 2.40 bits per heavy atom. The molecule has 0 aromatic rings. The Kier molecular flexibility index (Phi) is 8.84. The van der Waals surface area contributed by atoms with E-state index >= 15 is 0 Å². The minimum absolute atomic E-state index is 0.0423. The zero-order valence-corrected chi connectivity index (χ0v) is 13.5. The first-order valence-electron chi connectivity index (χ1n) is 6.69. The summed E-state index contributed by atoms with van der Waals surface area (Å²) in [6.45, 7) is 6.29. The zero-order valence-electron chi connectivity index (χ0n) is 12.7. The third-order valence-corrected chi connectivity index (χ3v) is 3.96. The second-order valence-corrected chi connectivity index (χ2v) is 5.99. The van der Waals surface area contributed by atoms with E-state index in [4.69, 9.17) is 10.2 Å². The smallest absolute Gasteiger partial charge is 0.326 e. The summed E-state index contributed by atoms with van der Waals surface area (Å²) in [5.41, 5.74) is -0.857. The molecule has 0 heterocycles. The Morgan fingerprint density at radius 1 is 1.40 bits per heavy atom. The van der Waals surface area contributed by atoms with Crippen LogP contribution in [0.15, 0.2) is 0 Å². The van der Waals surface area contributed by atoms with Crippen LogP contribution in [0.25, 0.3) is 0 Å². The number of aliphatic hydroxyl groups is 1. The highest BCUT2D eigenvalue weighted by molar-refractivity contribution is 7.98. The second-order valence-electron chi connectivity index (χ2n) is 5.01. The van der Waals surface area contributed by atoms with Gasteiger partial charge in [0.05, 0.1) is 12.1 Å². The molecule has 0 bridgehead atoms. The Labute approximate surface area is 124 Å². The molecular weight excluding hydrogens is 280 g/mol. The van der Waals surface area contributed by atoms with E-state index in [1.807, 2.05) is 18.1 Å². The van der Waals surface area contributed by atoms with Crippen LogP contribution in [0.4, 0.5) is 0 Å². The maximum absolute atomic E-state index is 12.3. The second kappa shape index (κ2) is 9.20. The number of thioether (sulfide) groups is 1. The molecule has 3 N–H and O–H groups in total. The number of carbonyl (C=O) groups excluding carboxylic acids is 1. The molecule has 6 nitrogen and oxygen atoms in total. The molecule has 0 aromatic heterocycles. The summed E-state index contributed by atoms with van der Waals surface area (Å²) in [7, 11) is 0. The van der Waals surface area contributed by atoms with E-state index in [0.717, 1.165) is 0 Å². The van der Waals surface area contributed by atoms with Crippen molar-refractivity contribution in [2.24, 2.45) is 0 Å². The third kappa shape index (κ3) is 5.68. The zero-order chi connectivity index (χ0) is 15.8. The molecule has 0 aliphatic heterocycles. The molecule has 0 aliphatic rings. The normalized spacial score (nSPS) is 13.3. The van der Waals surface area contributed by atoms with Gasteiger partial charge >= 0.3 is 5.97 Å². The number of amides is 1. The Balaban J connectivity index is 4.79. The molecule has 0 fully saturated rings. The van der Waals surface area contributed by atoms with E-state index in [0.29, 0.717) is 25.3 Å². The first-order chi connectivity index (χ1) is 9.31. The minimum atomic E-state index is -1.02. The Hall–Kier alpha value is -0.790. The molecular formula is C13H26N2O4S. The van der Waals surface area contributed by atoms with Gasteiger partial charge in [-0.05, 0) is 38.8 Å². The van der Waals surface area contributed by atoms with Gasteiger partial charge in [0.1, 0.15) is 6.04 Å². The maximum atomic E-state index is 12.3. The van der Waals surface area contributed by atoms with Gasteiger partial charge in [0, 0.05) is 6.54 Å². The summed E-state index contributed by atoms with van der Waals surface area (Å²) in [6.07, 6.45) is 2.29. The van der Waals surface area contributed by atoms with E-state index in [1.54, 1.807) is 25.6 Å².